The number of nitrogens with zero attached hydrogens (tertiary/aromatic N) is 2. The Bertz CT molecular complexity index is 593. The molecule has 0 spiro atoms. The number of aromatic nitrogens is 2. The van der Waals surface area contributed by atoms with Gasteiger partial charge in [0.15, 0.2) is 5.75 Å². The number of rotatable bonds is 7. The lowest BCUT2D eigenvalue weighted by Gasteiger charge is -2.12. The fraction of sp³-hybridized carbons (Fsp3) is 0.438. The van der Waals surface area contributed by atoms with Crippen LogP contribution in [-0.2, 0) is 18.3 Å². The number of hydrogen-bond donors (Lipinski definition) is 1. The molecule has 1 aromatic carbocycles. The van der Waals surface area contributed by atoms with Crippen molar-refractivity contribution in [2.75, 3.05) is 20.3 Å². The Labute approximate surface area is 125 Å². The molecule has 0 aliphatic carbocycles. The first-order valence-corrected chi connectivity index (χ1v) is 7.09. The lowest BCUT2D eigenvalue weighted by Crippen LogP contribution is -2.18. The zero-order valence-corrected chi connectivity index (χ0v) is 13.1. The van der Waals surface area contributed by atoms with E-state index in [0.29, 0.717) is 6.61 Å². The number of nitrogens with one attached hydrogen (secondary N) is 1. The molecule has 0 fully saturated rings. The smallest absolute Gasteiger partial charge is 0.171 e. The van der Waals surface area contributed by atoms with Gasteiger partial charge in [0.1, 0.15) is 11.4 Å². The Morgan fingerprint density at radius 3 is 2.67 bits per heavy atom. The molecule has 2 aromatic rings. The third-order valence-corrected chi connectivity index (χ3v) is 3.43. The molecule has 0 saturated carbocycles. The standard InChI is InChI=1S/C16H23N3O2/c1-12-16(13(2)19(3)18-12)21-15-8-6-5-7-14(15)11-17-9-10-20-4/h5-8,17H,9-11H2,1-4H3. The lowest BCUT2D eigenvalue weighted by atomic mass is 10.2. The van der Waals surface area contributed by atoms with Crippen LogP contribution in [-0.4, -0.2) is 30.0 Å². The van der Waals surface area contributed by atoms with E-state index < -0.39 is 0 Å². The molecule has 2 rings (SSSR count). The van der Waals surface area contributed by atoms with Gasteiger partial charge in [-0.2, -0.15) is 5.10 Å². The second kappa shape index (κ2) is 7.24. The summed E-state index contributed by atoms with van der Waals surface area (Å²) in [6.45, 7) is 6.23. The molecule has 0 amide bonds. The molecule has 1 heterocycles. The minimum absolute atomic E-state index is 0.698. The van der Waals surface area contributed by atoms with Gasteiger partial charge >= 0.3 is 0 Å². The minimum atomic E-state index is 0.698. The molecule has 0 aliphatic heterocycles. The van der Waals surface area contributed by atoms with Crippen LogP contribution in [0.15, 0.2) is 24.3 Å². The Balaban J connectivity index is 2.12. The Hall–Kier alpha value is -1.85. The predicted octanol–water partition coefficient (Wildman–Crippen LogP) is 2.57. The fourth-order valence-electron chi connectivity index (χ4n) is 2.16. The predicted molar refractivity (Wildman–Crippen MR) is 82.8 cm³/mol. The highest BCUT2D eigenvalue weighted by Crippen LogP contribution is 2.30. The van der Waals surface area contributed by atoms with E-state index in [1.54, 1.807) is 7.11 Å². The van der Waals surface area contributed by atoms with E-state index in [1.165, 1.54) is 0 Å². The van der Waals surface area contributed by atoms with E-state index in [0.717, 1.165) is 41.5 Å². The monoisotopic (exact) mass is 289 g/mol. The van der Waals surface area contributed by atoms with Crippen molar-refractivity contribution in [1.82, 2.24) is 15.1 Å². The molecule has 1 aromatic heterocycles. The Kier molecular flexibility index (Phi) is 5.36. The number of aryl methyl sites for hydroxylation is 2. The van der Waals surface area contributed by atoms with Gasteiger partial charge in [-0.25, -0.2) is 0 Å². The van der Waals surface area contributed by atoms with Crippen LogP contribution >= 0.6 is 0 Å². The van der Waals surface area contributed by atoms with Gasteiger partial charge in [-0.1, -0.05) is 18.2 Å². The molecule has 114 valence electrons. The molecular formula is C16H23N3O2. The third kappa shape index (κ3) is 3.83. The first-order valence-electron chi connectivity index (χ1n) is 7.09. The first-order chi connectivity index (χ1) is 10.1. The Morgan fingerprint density at radius 2 is 2.00 bits per heavy atom. The van der Waals surface area contributed by atoms with E-state index in [4.69, 9.17) is 9.47 Å². The van der Waals surface area contributed by atoms with Gasteiger partial charge in [0, 0.05) is 32.8 Å². The highest BCUT2D eigenvalue weighted by molar-refractivity contribution is 5.41. The molecule has 5 nitrogen and oxygen atoms in total. The number of para-hydroxylation sites is 1. The second-order valence-electron chi connectivity index (χ2n) is 5.00. The number of hydrogen-bond acceptors (Lipinski definition) is 4. The van der Waals surface area contributed by atoms with Gasteiger partial charge in [0.25, 0.3) is 0 Å². The maximum Gasteiger partial charge on any atom is 0.171 e. The van der Waals surface area contributed by atoms with Crippen LogP contribution in [0.1, 0.15) is 17.0 Å². The first kappa shape index (κ1) is 15.5. The number of methoxy groups -OCH3 is 1. The molecule has 0 unspecified atom stereocenters. The van der Waals surface area contributed by atoms with Crippen molar-refractivity contribution < 1.29 is 9.47 Å². The summed E-state index contributed by atoms with van der Waals surface area (Å²) >= 11 is 0. The van der Waals surface area contributed by atoms with E-state index >= 15 is 0 Å². The summed E-state index contributed by atoms with van der Waals surface area (Å²) in [6, 6.07) is 8.05. The van der Waals surface area contributed by atoms with Crippen LogP contribution in [0.25, 0.3) is 0 Å². The van der Waals surface area contributed by atoms with Gasteiger partial charge in [0.2, 0.25) is 0 Å². The largest absolute Gasteiger partial charge is 0.453 e. The highest BCUT2D eigenvalue weighted by Gasteiger charge is 2.13. The van der Waals surface area contributed by atoms with Crippen molar-refractivity contribution in [3.05, 3.63) is 41.2 Å². The van der Waals surface area contributed by atoms with E-state index in [-0.39, 0.29) is 0 Å². The van der Waals surface area contributed by atoms with Crippen molar-refractivity contribution in [1.29, 1.82) is 0 Å². The summed E-state index contributed by atoms with van der Waals surface area (Å²) in [5.74, 6) is 1.70. The van der Waals surface area contributed by atoms with Crippen molar-refractivity contribution in [2.45, 2.75) is 20.4 Å². The van der Waals surface area contributed by atoms with Crippen molar-refractivity contribution >= 4 is 0 Å². The Morgan fingerprint density at radius 1 is 1.24 bits per heavy atom. The van der Waals surface area contributed by atoms with Crippen LogP contribution in [0.5, 0.6) is 11.5 Å². The van der Waals surface area contributed by atoms with Crippen LogP contribution in [0.4, 0.5) is 0 Å². The van der Waals surface area contributed by atoms with Gasteiger partial charge in [0.05, 0.1) is 12.3 Å². The van der Waals surface area contributed by atoms with Crippen LogP contribution in [0, 0.1) is 13.8 Å². The van der Waals surface area contributed by atoms with Crippen molar-refractivity contribution in [3.8, 4) is 11.5 Å². The highest BCUT2D eigenvalue weighted by atomic mass is 16.5. The number of ether oxygens (including phenoxy) is 2. The van der Waals surface area contributed by atoms with Crippen LogP contribution < -0.4 is 10.1 Å². The average Bonchev–Trinajstić information content (AvgIpc) is 2.71. The van der Waals surface area contributed by atoms with E-state index in [1.807, 2.05) is 43.8 Å². The normalized spacial score (nSPS) is 10.9. The molecule has 5 heteroatoms. The summed E-state index contributed by atoms with van der Waals surface area (Å²) in [5.41, 5.74) is 3.04. The summed E-state index contributed by atoms with van der Waals surface area (Å²) in [6.07, 6.45) is 0. The van der Waals surface area contributed by atoms with Crippen molar-refractivity contribution in [3.63, 3.8) is 0 Å². The zero-order chi connectivity index (χ0) is 15.2. The van der Waals surface area contributed by atoms with Gasteiger partial charge in [-0.3, -0.25) is 4.68 Å². The number of benzene rings is 1. The van der Waals surface area contributed by atoms with Gasteiger partial charge < -0.3 is 14.8 Å². The maximum atomic E-state index is 6.09. The zero-order valence-electron chi connectivity index (χ0n) is 13.1. The molecule has 1 N–H and O–H groups in total. The summed E-state index contributed by atoms with van der Waals surface area (Å²) in [5, 5.41) is 7.72. The third-order valence-electron chi connectivity index (χ3n) is 3.43. The molecular weight excluding hydrogens is 266 g/mol. The fourth-order valence-corrected chi connectivity index (χ4v) is 2.16. The maximum absolute atomic E-state index is 6.09. The van der Waals surface area contributed by atoms with Crippen molar-refractivity contribution in [2.24, 2.45) is 7.05 Å². The molecule has 0 bridgehead atoms. The molecule has 0 atom stereocenters. The molecule has 0 saturated heterocycles. The SMILES string of the molecule is COCCNCc1ccccc1Oc1c(C)nn(C)c1C. The molecule has 0 aliphatic rings. The summed E-state index contributed by atoms with van der Waals surface area (Å²) in [4.78, 5) is 0. The van der Waals surface area contributed by atoms with E-state index in [2.05, 4.69) is 16.5 Å². The molecule has 0 radical (unpaired) electrons. The van der Waals surface area contributed by atoms with Crippen LogP contribution in [0.3, 0.4) is 0 Å². The van der Waals surface area contributed by atoms with Gasteiger partial charge in [-0.15, -0.1) is 0 Å². The summed E-state index contributed by atoms with van der Waals surface area (Å²) in [7, 11) is 3.63. The van der Waals surface area contributed by atoms with Crippen LogP contribution in [0.2, 0.25) is 0 Å². The summed E-state index contributed by atoms with van der Waals surface area (Å²) < 4.78 is 13.0. The average molecular weight is 289 g/mol. The molecule has 21 heavy (non-hydrogen) atoms. The van der Waals surface area contributed by atoms with Gasteiger partial charge in [-0.05, 0) is 19.9 Å². The quantitative estimate of drug-likeness (QED) is 0.796. The van der Waals surface area contributed by atoms with E-state index in [9.17, 15) is 0 Å². The lowest BCUT2D eigenvalue weighted by molar-refractivity contribution is 0.199. The second-order valence-corrected chi connectivity index (χ2v) is 5.00. The topological polar surface area (TPSA) is 48.3 Å². The minimum Gasteiger partial charge on any atom is -0.453 e.